The van der Waals surface area contributed by atoms with Crippen LogP contribution in [0.3, 0.4) is 0 Å². The van der Waals surface area contributed by atoms with Crippen LogP contribution < -0.4 is 4.31 Å². The molecular formula is C18H15FN2O2S. The first-order valence-electron chi connectivity index (χ1n) is 7.64. The van der Waals surface area contributed by atoms with Gasteiger partial charge in [0.05, 0.1) is 10.4 Å². The summed E-state index contributed by atoms with van der Waals surface area (Å²) in [4.78, 5) is 4.63. The van der Waals surface area contributed by atoms with Crippen molar-refractivity contribution in [2.45, 2.75) is 18.2 Å². The Hall–Kier alpha value is -2.47. The number of hydrogen-bond donors (Lipinski definition) is 0. The number of halogens is 1. The normalized spacial score (nSPS) is 14.2. The molecule has 0 unspecified atom stereocenters. The standard InChI is InChI=1S/C18H15FN2O2S/c1-12-10-15(6-7-16(12)19)24(22,23)21-9-8-14-11-13-4-2-3-5-17(13)20-18(14)21/h2-7,10-11H,8-9H2,1H3. The van der Waals surface area contributed by atoms with E-state index in [9.17, 15) is 12.8 Å². The van der Waals surface area contributed by atoms with Crippen LogP contribution in [-0.4, -0.2) is 19.9 Å². The van der Waals surface area contributed by atoms with Crippen LogP contribution in [0, 0.1) is 12.7 Å². The van der Waals surface area contributed by atoms with Gasteiger partial charge in [-0.15, -0.1) is 0 Å². The van der Waals surface area contributed by atoms with E-state index in [-0.39, 0.29) is 4.90 Å². The van der Waals surface area contributed by atoms with Crippen LogP contribution in [-0.2, 0) is 16.4 Å². The molecule has 4 rings (SSSR count). The molecule has 0 saturated carbocycles. The van der Waals surface area contributed by atoms with Crippen molar-refractivity contribution in [3.8, 4) is 0 Å². The molecule has 0 aliphatic carbocycles. The third kappa shape index (κ3) is 2.26. The third-order valence-electron chi connectivity index (χ3n) is 4.32. The van der Waals surface area contributed by atoms with E-state index in [1.807, 2.05) is 30.3 Å². The number of benzene rings is 2. The first-order chi connectivity index (χ1) is 11.5. The minimum Gasteiger partial charge on any atom is -0.249 e. The van der Waals surface area contributed by atoms with E-state index in [4.69, 9.17) is 0 Å². The second-order valence-electron chi connectivity index (χ2n) is 5.90. The Morgan fingerprint density at radius 2 is 1.92 bits per heavy atom. The predicted molar refractivity (Wildman–Crippen MR) is 91.1 cm³/mol. The van der Waals surface area contributed by atoms with Crippen LogP contribution in [0.2, 0.25) is 0 Å². The molecule has 1 aromatic heterocycles. The molecule has 122 valence electrons. The van der Waals surface area contributed by atoms with Crippen molar-refractivity contribution in [1.82, 2.24) is 4.98 Å². The van der Waals surface area contributed by atoms with Gasteiger partial charge >= 0.3 is 0 Å². The average Bonchev–Trinajstić information content (AvgIpc) is 2.98. The van der Waals surface area contributed by atoms with Gasteiger partial charge in [0.25, 0.3) is 10.0 Å². The van der Waals surface area contributed by atoms with Gasteiger partial charge in [-0.25, -0.2) is 22.1 Å². The molecule has 0 saturated heterocycles. The van der Waals surface area contributed by atoms with Gasteiger partial charge in [0.15, 0.2) is 0 Å². The first-order valence-corrected chi connectivity index (χ1v) is 9.08. The van der Waals surface area contributed by atoms with Gasteiger partial charge in [-0.05, 0) is 54.8 Å². The zero-order valence-electron chi connectivity index (χ0n) is 13.0. The molecule has 0 atom stereocenters. The van der Waals surface area contributed by atoms with Gasteiger partial charge in [-0.3, -0.25) is 0 Å². The summed E-state index contributed by atoms with van der Waals surface area (Å²) < 4.78 is 40.7. The Bertz CT molecular complexity index is 1060. The van der Waals surface area contributed by atoms with Crippen molar-refractivity contribution in [2.75, 3.05) is 10.8 Å². The highest BCUT2D eigenvalue weighted by molar-refractivity contribution is 7.92. The number of fused-ring (bicyclic) bond motifs is 2. The SMILES string of the molecule is Cc1cc(S(=O)(=O)N2CCc3cc4ccccc4nc32)ccc1F. The molecule has 0 bridgehead atoms. The maximum absolute atomic E-state index is 13.5. The molecule has 6 heteroatoms. The summed E-state index contributed by atoms with van der Waals surface area (Å²) in [6, 6.07) is 13.5. The van der Waals surface area contributed by atoms with E-state index in [1.54, 1.807) is 6.92 Å². The van der Waals surface area contributed by atoms with Crippen molar-refractivity contribution >= 4 is 26.7 Å². The summed E-state index contributed by atoms with van der Waals surface area (Å²) in [5.74, 6) is 0.0515. The van der Waals surface area contributed by atoms with Crippen molar-refractivity contribution in [2.24, 2.45) is 0 Å². The predicted octanol–water partition coefficient (Wildman–Crippen LogP) is 3.43. The maximum Gasteiger partial charge on any atom is 0.265 e. The smallest absolute Gasteiger partial charge is 0.249 e. The number of rotatable bonds is 2. The number of aryl methyl sites for hydroxylation is 1. The summed E-state index contributed by atoms with van der Waals surface area (Å²) >= 11 is 0. The minimum atomic E-state index is -3.76. The fourth-order valence-electron chi connectivity index (χ4n) is 3.02. The van der Waals surface area contributed by atoms with Gasteiger partial charge in [-0.1, -0.05) is 18.2 Å². The molecule has 2 aromatic carbocycles. The van der Waals surface area contributed by atoms with Crippen LogP contribution >= 0.6 is 0 Å². The quantitative estimate of drug-likeness (QED) is 0.717. The van der Waals surface area contributed by atoms with Crippen molar-refractivity contribution in [3.63, 3.8) is 0 Å². The summed E-state index contributed by atoms with van der Waals surface area (Å²) in [7, 11) is -3.76. The molecule has 4 nitrogen and oxygen atoms in total. The van der Waals surface area contributed by atoms with Crippen molar-refractivity contribution < 1.29 is 12.8 Å². The number of nitrogens with zero attached hydrogens (tertiary/aromatic N) is 2. The summed E-state index contributed by atoms with van der Waals surface area (Å²) in [6.45, 7) is 1.90. The number of aromatic nitrogens is 1. The van der Waals surface area contributed by atoms with Gasteiger partial charge in [0, 0.05) is 11.9 Å². The Kier molecular flexibility index (Phi) is 3.31. The van der Waals surface area contributed by atoms with Crippen molar-refractivity contribution in [3.05, 3.63) is 65.5 Å². The lowest BCUT2D eigenvalue weighted by Gasteiger charge is -2.19. The Morgan fingerprint density at radius 3 is 2.71 bits per heavy atom. The summed E-state index contributed by atoms with van der Waals surface area (Å²) in [5.41, 5.74) is 1.98. The van der Waals surface area contributed by atoms with E-state index < -0.39 is 15.8 Å². The van der Waals surface area contributed by atoms with E-state index in [1.165, 1.54) is 22.5 Å². The molecule has 24 heavy (non-hydrogen) atoms. The van der Waals surface area contributed by atoms with E-state index in [2.05, 4.69) is 4.98 Å². The molecule has 0 amide bonds. The molecule has 0 fully saturated rings. The topological polar surface area (TPSA) is 50.3 Å². The lowest BCUT2D eigenvalue weighted by molar-refractivity contribution is 0.590. The number of sulfonamides is 1. The summed E-state index contributed by atoms with van der Waals surface area (Å²) in [5, 5.41) is 0.994. The lowest BCUT2D eigenvalue weighted by atomic mass is 10.1. The van der Waals surface area contributed by atoms with Crippen molar-refractivity contribution in [1.29, 1.82) is 0 Å². The molecule has 0 radical (unpaired) electrons. The second kappa shape index (κ2) is 5.27. The number of anilines is 1. The molecule has 1 aliphatic rings. The zero-order valence-corrected chi connectivity index (χ0v) is 13.8. The van der Waals surface area contributed by atoms with Crippen LogP contribution in [0.5, 0.6) is 0 Å². The molecule has 0 spiro atoms. The van der Waals surface area contributed by atoms with Gasteiger partial charge in [0.1, 0.15) is 11.6 Å². The number of hydrogen-bond acceptors (Lipinski definition) is 3. The average molecular weight is 342 g/mol. The molecule has 0 N–H and O–H groups in total. The highest BCUT2D eigenvalue weighted by Gasteiger charge is 2.32. The molecular weight excluding hydrogens is 327 g/mol. The van der Waals surface area contributed by atoms with E-state index in [0.29, 0.717) is 24.3 Å². The minimum absolute atomic E-state index is 0.0872. The Balaban J connectivity index is 1.84. The largest absolute Gasteiger partial charge is 0.265 e. The first kappa shape index (κ1) is 15.1. The monoisotopic (exact) mass is 342 g/mol. The zero-order chi connectivity index (χ0) is 16.9. The van der Waals surface area contributed by atoms with Gasteiger partial charge in [-0.2, -0.15) is 0 Å². The van der Waals surface area contributed by atoms with Crippen LogP contribution in [0.4, 0.5) is 10.2 Å². The Morgan fingerprint density at radius 1 is 1.12 bits per heavy atom. The highest BCUT2D eigenvalue weighted by atomic mass is 32.2. The molecule has 1 aliphatic heterocycles. The van der Waals surface area contributed by atoms with Gasteiger partial charge < -0.3 is 0 Å². The van der Waals surface area contributed by atoms with Gasteiger partial charge in [0.2, 0.25) is 0 Å². The van der Waals surface area contributed by atoms with E-state index >= 15 is 0 Å². The second-order valence-corrected chi connectivity index (χ2v) is 7.76. The van der Waals surface area contributed by atoms with Crippen LogP contribution in [0.15, 0.2) is 53.4 Å². The maximum atomic E-state index is 13.5. The molecule has 3 aromatic rings. The lowest BCUT2D eigenvalue weighted by Crippen LogP contribution is -2.29. The van der Waals surface area contributed by atoms with E-state index in [0.717, 1.165) is 16.5 Å². The summed E-state index contributed by atoms with van der Waals surface area (Å²) in [6.07, 6.45) is 0.618. The Labute approximate surface area is 139 Å². The molecule has 2 heterocycles. The fraction of sp³-hybridized carbons (Fsp3) is 0.167. The van der Waals surface area contributed by atoms with Crippen LogP contribution in [0.1, 0.15) is 11.1 Å². The number of pyridine rings is 1. The number of para-hydroxylation sites is 1. The highest BCUT2D eigenvalue weighted by Crippen LogP contribution is 2.33. The van der Waals surface area contributed by atoms with Crippen LogP contribution in [0.25, 0.3) is 10.9 Å². The third-order valence-corrected chi connectivity index (χ3v) is 6.10. The fourth-order valence-corrected chi connectivity index (χ4v) is 4.55.